The van der Waals surface area contributed by atoms with Gasteiger partial charge in [-0.25, -0.2) is 4.79 Å². The largest absolute Gasteiger partial charge is 0.378 e. The molecule has 2 aliphatic rings. The highest BCUT2D eigenvalue weighted by atomic mass is 16.5. The molecule has 0 aromatic rings. The highest BCUT2D eigenvalue weighted by Gasteiger charge is 2.23. The second-order valence-corrected chi connectivity index (χ2v) is 7.44. The van der Waals surface area contributed by atoms with E-state index in [9.17, 15) is 9.59 Å². The number of rotatable bonds is 7. The Morgan fingerprint density at radius 1 is 1.12 bits per heavy atom. The van der Waals surface area contributed by atoms with Crippen LogP contribution in [0, 0.1) is 5.92 Å². The molecule has 1 aliphatic heterocycles. The Morgan fingerprint density at radius 3 is 2.42 bits per heavy atom. The van der Waals surface area contributed by atoms with Gasteiger partial charge in [-0.05, 0) is 31.6 Å². The number of ether oxygens (including phenoxy) is 1. The summed E-state index contributed by atoms with van der Waals surface area (Å²) in [6, 6.07) is 0.282. The number of nitrogens with zero attached hydrogens (tertiary/aromatic N) is 1. The van der Waals surface area contributed by atoms with Gasteiger partial charge in [0.15, 0.2) is 0 Å². The van der Waals surface area contributed by atoms with Crippen molar-refractivity contribution in [2.24, 2.45) is 5.92 Å². The molecule has 1 aliphatic carbocycles. The second-order valence-electron chi connectivity index (χ2n) is 7.44. The molecule has 6 heteroatoms. The van der Waals surface area contributed by atoms with Crippen molar-refractivity contribution >= 4 is 11.9 Å². The van der Waals surface area contributed by atoms with E-state index in [-0.39, 0.29) is 18.0 Å². The SMILES string of the molecule is CC(C)COC1CCN(C(=O)NCCC(=O)NC2CCCC2)CC1. The molecular weight excluding hydrogens is 306 g/mol. The number of carbonyl (C=O) groups is 2. The van der Waals surface area contributed by atoms with Crippen LogP contribution in [0.2, 0.25) is 0 Å². The first-order valence-electron chi connectivity index (χ1n) is 9.48. The molecule has 0 aromatic carbocycles. The van der Waals surface area contributed by atoms with E-state index in [2.05, 4.69) is 24.5 Å². The van der Waals surface area contributed by atoms with E-state index < -0.39 is 0 Å². The van der Waals surface area contributed by atoms with Crippen LogP contribution in [0.4, 0.5) is 4.79 Å². The molecular formula is C18H33N3O3. The fraction of sp³-hybridized carbons (Fsp3) is 0.889. The summed E-state index contributed by atoms with van der Waals surface area (Å²) in [6.45, 7) is 6.93. The third kappa shape index (κ3) is 6.67. The van der Waals surface area contributed by atoms with Gasteiger partial charge in [-0.2, -0.15) is 0 Å². The lowest BCUT2D eigenvalue weighted by atomic mass is 10.1. The predicted molar refractivity (Wildman–Crippen MR) is 93.8 cm³/mol. The molecule has 0 atom stereocenters. The summed E-state index contributed by atoms with van der Waals surface area (Å²) < 4.78 is 5.84. The average molecular weight is 339 g/mol. The Labute approximate surface area is 145 Å². The number of urea groups is 1. The molecule has 0 unspecified atom stereocenters. The van der Waals surface area contributed by atoms with Crippen LogP contribution in [0.3, 0.4) is 0 Å². The van der Waals surface area contributed by atoms with Gasteiger partial charge in [0, 0.05) is 38.7 Å². The molecule has 2 N–H and O–H groups in total. The van der Waals surface area contributed by atoms with Gasteiger partial charge in [0.2, 0.25) is 5.91 Å². The Kier molecular flexibility index (Phi) is 7.82. The van der Waals surface area contributed by atoms with Crippen molar-refractivity contribution < 1.29 is 14.3 Å². The maximum Gasteiger partial charge on any atom is 0.317 e. The van der Waals surface area contributed by atoms with E-state index >= 15 is 0 Å². The summed E-state index contributed by atoms with van der Waals surface area (Å²) in [5, 5.41) is 5.90. The van der Waals surface area contributed by atoms with Crippen LogP contribution < -0.4 is 10.6 Å². The zero-order valence-corrected chi connectivity index (χ0v) is 15.2. The molecule has 1 saturated heterocycles. The smallest absolute Gasteiger partial charge is 0.317 e. The molecule has 24 heavy (non-hydrogen) atoms. The van der Waals surface area contributed by atoms with Crippen LogP contribution in [-0.4, -0.2) is 55.2 Å². The maximum atomic E-state index is 12.1. The lowest BCUT2D eigenvalue weighted by Crippen LogP contribution is -2.46. The van der Waals surface area contributed by atoms with Gasteiger partial charge in [0.05, 0.1) is 6.10 Å². The number of hydrogen-bond donors (Lipinski definition) is 2. The molecule has 6 nitrogen and oxygen atoms in total. The third-order valence-electron chi connectivity index (χ3n) is 4.74. The average Bonchev–Trinajstić information content (AvgIpc) is 3.06. The number of likely N-dealkylation sites (tertiary alicyclic amines) is 1. The number of hydrogen-bond acceptors (Lipinski definition) is 3. The van der Waals surface area contributed by atoms with Crippen molar-refractivity contribution in [1.29, 1.82) is 0 Å². The summed E-state index contributed by atoms with van der Waals surface area (Å²) in [5.74, 6) is 0.588. The third-order valence-corrected chi connectivity index (χ3v) is 4.74. The summed E-state index contributed by atoms with van der Waals surface area (Å²) >= 11 is 0. The molecule has 0 radical (unpaired) electrons. The van der Waals surface area contributed by atoms with Crippen molar-refractivity contribution in [3.63, 3.8) is 0 Å². The summed E-state index contributed by atoms with van der Waals surface area (Å²) in [5.41, 5.74) is 0. The minimum atomic E-state index is -0.0639. The first kappa shape index (κ1) is 19.0. The van der Waals surface area contributed by atoms with Gasteiger partial charge in [-0.1, -0.05) is 26.7 Å². The molecule has 0 bridgehead atoms. The van der Waals surface area contributed by atoms with Crippen LogP contribution in [0.15, 0.2) is 0 Å². The number of piperidine rings is 1. The van der Waals surface area contributed by atoms with Crippen molar-refractivity contribution in [3.05, 3.63) is 0 Å². The van der Waals surface area contributed by atoms with E-state index in [0.29, 0.717) is 24.9 Å². The van der Waals surface area contributed by atoms with Gasteiger partial charge in [-0.15, -0.1) is 0 Å². The Morgan fingerprint density at radius 2 is 1.79 bits per heavy atom. The Bertz CT molecular complexity index is 400. The van der Waals surface area contributed by atoms with E-state index in [1.54, 1.807) is 0 Å². The fourth-order valence-electron chi connectivity index (χ4n) is 3.32. The molecule has 0 spiro atoms. The molecule has 138 valence electrons. The lowest BCUT2D eigenvalue weighted by Gasteiger charge is -2.32. The molecule has 2 rings (SSSR count). The molecule has 1 heterocycles. The standard InChI is InChI=1S/C18H33N3O3/c1-14(2)13-24-16-8-11-21(12-9-16)18(23)19-10-7-17(22)20-15-5-3-4-6-15/h14-16H,3-13H2,1-2H3,(H,19,23)(H,20,22). The van der Waals surface area contributed by atoms with E-state index in [0.717, 1.165) is 45.4 Å². The monoisotopic (exact) mass is 339 g/mol. The maximum absolute atomic E-state index is 12.1. The molecule has 0 aromatic heterocycles. The van der Waals surface area contributed by atoms with Gasteiger partial charge < -0.3 is 20.3 Å². The minimum Gasteiger partial charge on any atom is -0.378 e. The van der Waals surface area contributed by atoms with Crippen molar-refractivity contribution in [2.45, 2.75) is 70.9 Å². The highest BCUT2D eigenvalue weighted by Crippen LogP contribution is 2.17. The predicted octanol–water partition coefficient (Wildman–Crippen LogP) is 2.28. The van der Waals surface area contributed by atoms with Gasteiger partial charge >= 0.3 is 6.03 Å². The van der Waals surface area contributed by atoms with E-state index in [1.807, 2.05) is 4.90 Å². The van der Waals surface area contributed by atoms with Gasteiger partial charge in [0.25, 0.3) is 0 Å². The van der Waals surface area contributed by atoms with Crippen LogP contribution in [-0.2, 0) is 9.53 Å². The van der Waals surface area contributed by atoms with Crippen LogP contribution >= 0.6 is 0 Å². The minimum absolute atomic E-state index is 0.0444. The summed E-state index contributed by atoms with van der Waals surface area (Å²) in [6.07, 6.45) is 7.00. The zero-order chi connectivity index (χ0) is 17.4. The lowest BCUT2D eigenvalue weighted by molar-refractivity contribution is -0.121. The second kappa shape index (κ2) is 9.87. The number of amides is 3. The first-order valence-corrected chi connectivity index (χ1v) is 9.48. The quantitative estimate of drug-likeness (QED) is 0.747. The van der Waals surface area contributed by atoms with Crippen LogP contribution in [0.5, 0.6) is 0 Å². The first-order chi connectivity index (χ1) is 11.5. The Hall–Kier alpha value is -1.30. The number of nitrogens with one attached hydrogen (secondary N) is 2. The van der Waals surface area contributed by atoms with E-state index in [1.165, 1.54) is 12.8 Å². The van der Waals surface area contributed by atoms with Crippen molar-refractivity contribution in [1.82, 2.24) is 15.5 Å². The van der Waals surface area contributed by atoms with Crippen molar-refractivity contribution in [3.8, 4) is 0 Å². The number of carbonyl (C=O) groups excluding carboxylic acids is 2. The van der Waals surface area contributed by atoms with Crippen LogP contribution in [0.1, 0.15) is 58.8 Å². The van der Waals surface area contributed by atoms with Gasteiger partial charge in [0.1, 0.15) is 0 Å². The molecule has 1 saturated carbocycles. The van der Waals surface area contributed by atoms with Gasteiger partial charge in [-0.3, -0.25) is 4.79 Å². The summed E-state index contributed by atoms with van der Waals surface area (Å²) in [4.78, 5) is 25.8. The normalized spacial score (nSPS) is 19.7. The Balaban J connectivity index is 1.55. The van der Waals surface area contributed by atoms with Crippen LogP contribution in [0.25, 0.3) is 0 Å². The zero-order valence-electron chi connectivity index (χ0n) is 15.2. The topological polar surface area (TPSA) is 70.7 Å². The fourth-order valence-corrected chi connectivity index (χ4v) is 3.32. The summed E-state index contributed by atoms with van der Waals surface area (Å²) in [7, 11) is 0. The molecule has 2 fully saturated rings. The highest BCUT2D eigenvalue weighted by molar-refractivity contribution is 5.78. The molecule has 3 amide bonds. The van der Waals surface area contributed by atoms with Crippen molar-refractivity contribution in [2.75, 3.05) is 26.2 Å². The van der Waals surface area contributed by atoms with E-state index in [4.69, 9.17) is 4.74 Å².